The van der Waals surface area contributed by atoms with Crippen molar-refractivity contribution < 1.29 is 9.47 Å². The zero-order valence-electron chi connectivity index (χ0n) is 13.3. The van der Waals surface area contributed by atoms with Gasteiger partial charge in [0, 0.05) is 11.1 Å². The first kappa shape index (κ1) is 17.3. The van der Waals surface area contributed by atoms with Gasteiger partial charge >= 0.3 is 0 Å². The number of H-pyrrole nitrogens is 1. The first-order chi connectivity index (χ1) is 11.5. The molecule has 2 rings (SSSR count). The lowest BCUT2D eigenvalue weighted by atomic mass is 9.95. The maximum Gasteiger partial charge on any atom is 0.268 e. The molecule has 3 N–H and O–H groups in total. The topological polar surface area (TPSA) is 125 Å². The molecule has 0 amide bonds. The highest BCUT2D eigenvalue weighted by Crippen LogP contribution is 2.41. The van der Waals surface area contributed by atoms with Crippen LogP contribution in [-0.2, 0) is 0 Å². The van der Waals surface area contributed by atoms with E-state index in [0.29, 0.717) is 17.1 Å². The van der Waals surface area contributed by atoms with Crippen molar-refractivity contribution in [2.45, 2.75) is 4.90 Å². The average Bonchev–Trinajstić information content (AvgIpc) is 2.59. The minimum absolute atomic E-state index is 0.00315. The third-order valence-corrected chi connectivity index (χ3v) is 4.20. The van der Waals surface area contributed by atoms with E-state index in [-0.39, 0.29) is 22.5 Å². The van der Waals surface area contributed by atoms with Crippen molar-refractivity contribution in [3.05, 3.63) is 33.6 Å². The molecule has 1 aromatic carbocycles. The highest BCUT2D eigenvalue weighted by Gasteiger charge is 2.22. The number of nitrogens with one attached hydrogen (secondary N) is 1. The summed E-state index contributed by atoms with van der Waals surface area (Å²) in [5, 5.41) is 18.8. The second-order valence-electron chi connectivity index (χ2n) is 4.62. The van der Waals surface area contributed by atoms with Gasteiger partial charge in [-0.3, -0.25) is 4.79 Å². The Morgan fingerprint density at radius 3 is 2.25 bits per heavy atom. The van der Waals surface area contributed by atoms with Crippen molar-refractivity contribution in [1.29, 1.82) is 10.5 Å². The van der Waals surface area contributed by atoms with E-state index < -0.39 is 5.56 Å². The Morgan fingerprint density at radius 2 is 1.75 bits per heavy atom. The van der Waals surface area contributed by atoms with E-state index in [4.69, 9.17) is 15.2 Å². The summed E-state index contributed by atoms with van der Waals surface area (Å²) in [6.07, 6.45) is 1.88. The zero-order chi connectivity index (χ0) is 17.9. The zero-order valence-corrected chi connectivity index (χ0v) is 14.1. The predicted octanol–water partition coefficient (Wildman–Crippen LogP) is 2.11. The molecule has 1 heterocycles. The van der Waals surface area contributed by atoms with Crippen LogP contribution in [0.2, 0.25) is 0 Å². The lowest BCUT2D eigenvalue weighted by molar-refractivity contribution is 0.395. The number of ether oxygens (including phenoxy) is 2. The maximum absolute atomic E-state index is 12.1. The van der Waals surface area contributed by atoms with Crippen LogP contribution in [0.3, 0.4) is 0 Å². The van der Waals surface area contributed by atoms with Crippen LogP contribution in [0.4, 0.5) is 5.82 Å². The number of anilines is 1. The quantitative estimate of drug-likeness (QED) is 0.815. The summed E-state index contributed by atoms with van der Waals surface area (Å²) < 4.78 is 10.7. The Kier molecular flexibility index (Phi) is 5.02. The van der Waals surface area contributed by atoms with Crippen molar-refractivity contribution in [2.75, 3.05) is 26.2 Å². The average molecular weight is 342 g/mol. The number of nitrogens with zero attached hydrogens (tertiary/aromatic N) is 2. The Labute approximate surface area is 142 Å². The highest BCUT2D eigenvalue weighted by atomic mass is 32.2. The minimum atomic E-state index is -0.668. The normalized spacial score (nSPS) is 9.88. The van der Waals surface area contributed by atoms with Gasteiger partial charge in [-0.25, -0.2) is 0 Å². The Balaban J connectivity index is 2.99. The summed E-state index contributed by atoms with van der Waals surface area (Å²) in [4.78, 5) is 15.2. The molecule has 0 saturated heterocycles. The van der Waals surface area contributed by atoms with Gasteiger partial charge in [0.2, 0.25) is 0 Å². The lowest BCUT2D eigenvalue weighted by Gasteiger charge is -2.16. The van der Waals surface area contributed by atoms with E-state index >= 15 is 0 Å². The van der Waals surface area contributed by atoms with E-state index in [0.717, 1.165) is 4.90 Å². The number of nitriles is 2. The number of nitrogen functional groups attached to an aromatic ring is 1. The molecule has 0 fully saturated rings. The fourth-order valence-corrected chi connectivity index (χ4v) is 2.91. The molecule has 24 heavy (non-hydrogen) atoms. The van der Waals surface area contributed by atoms with Crippen molar-refractivity contribution >= 4 is 17.6 Å². The van der Waals surface area contributed by atoms with E-state index in [1.54, 1.807) is 12.1 Å². The maximum atomic E-state index is 12.1. The molecule has 0 radical (unpaired) electrons. The second-order valence-corrected chi connectivity index (χ2v) is 5.47. The fraction of sp³-hybridized carbons (Fsp3) is 0.188. The fourth-order valence-electron chi connectivity index (χ4n) is 2.34. The number of hydrogen-bond acceptors (Lipinski definition) is 7. The van der Waals surface area contributed by atoms with E-state index in [1.165, 1.54) is 26.0 Å². The molecule has 0 unspecified atom stereocenters. The highest BCUT2D eigenvalue weighted by molar-refractivity contribution is 7.98. The van der Waals surface area contributed by atoms with Gasteiger partial charge in [0.25, 0.3) is 5.56 Å². The van der Waals surface area contributed by atoms with Gasteiger partial charge < -0.3 is 20.2 Å². The van der Waals surface area contributed by atoms with Crippen LogP contribution >= 0.6 is 11.8 Å². The standard InChI is InChI=1S/C16H14N4O3S/c1-22-11-5-13(24-3)12(23-2)4-8(11)14-9(6-17)15(19)20-16(21)10(14)7-18/h4-5H,1-3H3,(H3,19,20,21). The molecule has 1 aromatic heterocycles. The van der Waals surface area contributed by atoms with Crippen LogP contribution in [-0.4, -0.2) is 25.5 Å². The summed E-state index contributed by atoms with van der Waals surface area (Å²) in [7, 11) is 2.97. The van der Waals surface area contributed by atoms with Gasteiger partial charge in [0.15, 0.2) is 0 Å². The number of thioether (sulfide) groups is 1. The van der Waals surface area contributed by atoms with Crippen LogP contribution in [0.25, 0.3) is 11.1 Å². The number of nitrogens with two attached hydrogens (primary N) is 1. The minimum Gasteiger partial charge on any atom is -0.496 e. The summed E-state index contributed by atoms with van der Waals surface area (Å²) in [5.74, 6) is 0.828. The van der Waals surface area contributed by atoms with Crippen molar-refractivity contribution in [1.82, 2.24) is 4.98 Å². The molecule has 0 aliphatic heterocycles. The number of benzene rings is 1. The molecule has 122 valence electrons. The summed E-state index contributed by atoms with van der Waals surface area (Å²) >= 11 is 1.45. The summed E-state index contributed by atoms with van der Waals surface area (Å²) in [6.45, 7) is 0. The first-order valence-electron chi connectivity index (χ1n) is 6.68. The monoisotopic (exact) mass is 342 g/mol. The second kappa shape index (κ2) is 6.99. The van der Waals surface area contributed by atoms with Crippen LogP contribution in [0.1, 0.15) is 11.1 Å². The molecule has 2 aromatic rings. The third kappa shape index (κ3) is 2.75. The Morgan fingerprint density at radius 1 is 1.12 bits per heavy atom. The number of methoxy groups -OCH3 is 2. The Hall–Kier alpha value is -3.10. The molecule has 8 heteroatoms. The van der Waals surface area contributed by atoms with E-state index in [2.05, 4.69) is 4.98 Å². The molecule has 0 saturated carbocycles. The van der Waals surface area contributed by atoms with Crippen LogP contribution in [0.15, 0.2) is 21.8 Å². The summed E-state index contributed by atoms with van der Waals surface area (Å²) in [6, 6.07) is 7.11. The molecule has 7 nitrogen and oxygen atoms in total. The van der Waals surface area contributed by atoms with E-state index in [9.17, 15) is 15.3 Å². The molecule has 0 atom stereocenters. The first-order valence-corrected chi connectivity index (χ1v) is 7.91. The van der Waals surface area contributed by atoms with Gasteiger partial charge in [-0.2, -0.15) is 10.5 Å². The summed E-state index contributed by atoms with van der Waals surface area (Å²) in [5.41, 5.74) is 5.39. The van der Waals surface area contributed by atoms with Gasteiger partial charge in [-0.15, -0.1) is 11.8 Å². The van der Waals surface area contributed by atoms with Crippen molar-refractivity contribution in [3.8, 4) is 34.8 Å². The van der Waals surface area contributed by atoms with Crippen LogP contribution in [0, 0.1) is 22.7 Å². The van der Waals surface area contributed by atoms with Crippen LogP contribution < -0.4 is 20.8 Å². The number of hydrogen-bond donors (Lipinski definition) is 2. The molecule has 0 aliphatic rings. The Bertz CT molecular complexity index is 938. The predicted molar refractivity (Wildman–Crippen MR) is 91.2 cm³/mol. The number of aromatic nitrogens is 1. The molecule has 0 bridgehead atoms. The number of aromatic amines is 1. The van der Waals surface area contributed by atoms with Gasteiger partial charge in [0.1, 0.15) is 40.6 Å². The molecule has 0 aliphatic carbocycles. The SMILES string of the molecule is COc1cc(-c2c(C#N)c(N)[nH]c(=O)c2C#N)c(OC)cc1SC. The van der Waals surface area contributed by atoms with Crippen molar-refractivity contribution in [3.63, 3.8) is 0 Å². The van der Waals surface area contributed by atoms with Crippen molar-refractivity contribution in [2.24, 2.45) is 0 Å². The smallest absolute Gasteiger partial charge is 0.268 e. The van der Waals surface area contributed by atoms with Gasteiger partial charge in [0.05, 0.1) is 19.1 Å². The van der Waals surface area contributed by atoms with Gasteiger partial charge in [-0.1, -0.05) is 0 Å². The van der Waals surface area contributed by atoms with Crippen LogP contribution in [0.5, 0.6) is 11.5 Å². The van der Waals surface area contributed by atoms with E-state index in [1.807, 2.05) is 18.4 Å². The third-order valence-electron chi connectivity index (χ3n) is 3.44. The molecular formula is C16H14N4O3S. The number of rotatable bonds is 4. The molecule has 0 spiro atoms. The largest absolute Gasteiger partial charge is 0.496 e. The lowest BCUT2D eigenvalue weighted by Crippen LogP contribution is -2.16. The van der Waals surface area contributed by atoms with Gasteiger partial charge in [-0.05, 0) is 18.4 Å². The molecular weight excluding hydrogens is 328 g/mol. The number of pyridine rings is 1.